The zero-order valence-electron chi connectivity index (χ0n) is 14.9. The Balaban J connectivity index is 3.21. The second-order valence-electron chi connectivity index (χ2n) is 7.49. The maximum Gasteiger partial charge on any atom is 0.107 e. The van der Waals surface area contributed by atoms with Crippen LogP contribution in [-0.4, -0.2) is 39.6 Å². The van der Waals surface area contributed by atoms with Crippen molar-refractivity contribution in [1.29, 1.82) is 0 Å². The summed E-state index contributed by atoms with van der Waals surface area (Å²) in [5, 5.41) is 0. The lowest BCUT2D eigenvalue weighted by molar-refractivity contribution is 0.0184. The minimum Gasteiger partial charge on any atom is -0.379 e. The molecule has 0 rings (SSSR count). The van der Waals surface area contributed by atoms with Crippen molar-refractivity contribution in [3.63, 3.8) is 0 Å². The van der Waals surface area contributed by atoms with Crippen LogP contribution in [0.2, 0.25) is 0 Å². The lowest BCUT2D eigenvalue weighted by Crippen LogP contribution is -2.11. The maximum absolute atomic E-state index is 5.52. The van der Waals surface area contributed by atoms with Crippen LogP contribution in [0.25, 0.3) is 0 Å². The number of rotatable bonds is 10. The summed E-state index contributed by atoms with van der Waals surface area (Å²) in [5.41, 5.74) is 0.442. The van der Waals surface area contributed by atoms with Crippen molar-refractivity contribution in [2.24, 2.45) is 10.8 Å². The van der Waals surface area contributed by atoms with Crippen molar-refractivity contribution in [2.45, 2.75) is 54.4 Å². The van der Waals surface area contributed by atoms with Crippen LogP contribution in [0.5, 0.6) is 0 Å². The van der Waals surface area contributed by atoms with E-state index in [0.29, 0.717) is 38.4 Å². The molecule has 0 heterocycles. The topological polar surface area (TPSA) is 27.7 Å². The van der Waals surface area contributed by atoms with Crippen LogP contribution in [0.15, 0.2) is 0 Å². The molecule has 0 N–H and O–H groups in total. The molecular weight excluding hydrogens is 264 g/mol. The zero-order valence-corrected chi connectivity index (χ0v) is 14.9. The molecule has 0 aromatic rings. The third kappa shape index (κ3) is 19.4. The zero-order chi connectivity index (χ0) is 16.2. The van der Waals surface area contributed by atoms with Crippen molar-refractivity contribution in [1.82, 2.24) is 0 Å². The van der Waals surface area contributed by atoms with E-state index in [2.05, 4.69) is 53.4 Å². The van der Waals surface area contributed by atoms with Gasteiger partial charge >= 0.3 is 0 Å². The number of ether oxygens (including phenoxy) is 3. The molecule has 21 heavy (non-hydrogen) atoms. The van der Waals surface area contributed by atoms with Crippen molar-refractivity contribution in [3.05, 3.63) is 0 Å². The monoisotopic (exact) mass is 298 g/mol. The normalized spacial score (nSPS) is 12.1. The van der Waals surface area contributed by atoms with Crippen LogP contribution in [0.4, 0.5) is 0 Å². The number of hydrogen-bond donors (Lipinski definition) is 0. The molecule has 0 amide bonds. The van der Waals surface area contributed by atoms with Crippen LogP contribution in [0, 0.1) is 22.7 Å². The highest BCUT2D eigenvalue weighted by Gasteiger charge is 2.08. The van der Waals surface area contributed by atoms with Crippen LogP contribution < -0.4 is 0 Å². The predicted octanol–water partition coefficient (Wildman–Crippen LogP) is 3.91. The summed E-state index contributed by atoms with van der Waals surface area (Å²) in [7, 11) is 0. The molecule has 0 saturated heterocycles. The Bertz CT molecular complexity index is 299. The van der Waals surface area contributed by atoms with Gasteiger partial charge in [-0.1, -0.05) is 32.6 Å². The molecule has 124 valence electrons. The molecule has 0 aromatic carbocycles. The summed E-state index contributed by atoms with van der Waals surface area (Å²) in [5.74, 6) is 6.14. The lowest BCUT2D eigenvalue weighted by atomic mass is 9.91. The van der Waals surface area contributed by atoms with Crippen LogP contribution >= 0.6 is 0 Å². The van der Waals surface area contributed by atoms with E-state index in [-0.39, 0.29) is 5.41 Å². The molecule has 3 heteroatoms. The molecular formula is C18H34O3. The Morgan fingerprint density at radius 1 is 0.714 bits per heavy atom. The van der Waals surface area contributed by atoms with E-state index in [1.165, 1.54) is 6.42 Å². The third-order valence-electron chi connectivity index (χ3n) is 2.60. The number of hydrogen-bond acceptors (Lipinski definition) is 3. The minimum absolute atomic E-state index is 0.0458. The van der Waals surface area contributed by atoms with Crippen molar-refractivity contribution in [3.8, 4) is 11.8 Å². The van der Waals surface area contributed by atoms with Crippen LogP contribution in [0.1, 0.15) is 54.4 Å². The van der Waals surface area contributed by atoms with E-state index in [9.17, 15) is 0 Å². The first-order valence-corrected chi connectivity index (χ1v) is 7.94. The summed E-state index contributed by atoms with van der Waals surface area (Å²) in [6.07, 6.45) is 2.30. The third-order valence-corrected chi connectivity index (χ3v) is 2.60. The van der Waals surface area contributed by atoms with Gasteiger partial charge in [0.25, 0.3) is 0 Å². The van der Waals surface area contributed by atoms with E-state index in [0.717, 1.165) is 13.0 Å². The van der Waals surface area contributed by atoms with Crippen molar-refractivity contribution < 1.29 is 14.2 Å². The molecule has 0 bridgehead atoms. The predicted molar refractivity (Wildman–Crippen MR) is 88.4 cm³/mol. The molecule has 0 atom stereocenters. The van der Waals surface area contributed by atoms with Gasteiger partial charge < -0.3 is 14.2 Å². The highest BCUT2D eigenvalue weighted by Crippen LogP contribution is 2.20. The molecule has 0 aliphatic heterocycles. The van der Waals surface area contributed by atoms with Gasteiger partial charge in [-0.2, -0.15) is 0 Å². The van der Waals surface area contributed by atoms with Crippen molar-refractivity contribution >= 4 is 0 Å². The maximum atomic E-state index is 5.52. The van der Waals surface area contributed by atoms with E-state index in [4.69, 9.17) is 14.2 Å². The van der Waals surface area contributed by atoms with Gasteiger partial charge in [-0.05, 0) is 39.0 Å². The van der Waals surface area contributed by atoms with Gasteiger partial charge in [0.1, 0.15) is 6.61 Å². The highest BCUT2D eigenvalue weighted by atomic mass is 16.5. The summed E-state index contributed by atoms with van der Waals surface area (Å²) in [6.45, 7) is 16.8. The van der Waals surface area contributed by atoms with Gasteiger partial charge in [-0.15, -0.1) is 0 Å². The molecule has 0 aliphatic rings. The van der Waals surface area contributed by atoms with E-state index >= 15 is 0 Å². The molecule has 0 spiro atoms. The molecule has 0 fully saturated rings. The van der Waals surface area contributed by atoms with Gasteiger partial charge in [0, 0.05) is 12.0 Å². The van der Waals surface area contributed by atoms with E-state index in [1.807, 2.05) is 0 Å². The Hall–Kier alpha value is -0.560. The Labute approximate surface area is 131 Å². The fourth-order valence-corrected chi connectivity index (χ4v) is 1.57. The summed E-state index contributed by atoms with van der Waals surface area (Å²) in [6, 6.07) is 0. The SMILES string of the molecule is CC(C)(C)C#CCOCCOCCOCCCC(C)(C)C. The van der Waals surface area contributed by atoms with Gasteiger partial charge in [-0.25, -0.2) is 0 Å². The van der Waals surface area contributed by atoms with E-state index in [1.54, 1.807) is 0 Å². The van der Waals surface area contributed by atoms with E-state index < -0.39 is 0 Å². The van der Waals surface area contributed by atoms with Crippen molar-refractivity contribution in [2.75, 3.05) is 39.6 Å². The van der Waals surface area contributed by atoms with Gasteiger partial charge in [-0.3, -0.25) is 0 Å². The largest absolute Gasteiger partial charge is 0.379 e. The first-order valence-electron chi connectivity index (χ1n) is 7.94. The van der Waals surface area contributed by atoms with Gasteiger partial charge in [0.05, 0.1) is 26.4 Å². The van der Waals surface area contributed by atoms with Gasteiger partial charge in [0.15, 0.2) is 0 Å². The second-order valence-corrected chi connectivity index (χ2v) is 7.49. The minimum atomic E-state index is 0.0458. The molecule has 0 saturated carbocycles. The summed E-state index contributed by atoms with van der Waals surface area (Å²) < 4.78 is 16.3. The molecule has 3 nitrogen and oxygen atoms in total. The molecule has 0 unspecified atom stereocenters. The fraction of sp³-hybridized carbons (Fsp3) is 0.889. The Kier molecular flexibility index (Phi) is 10.8. The average Bonchev–Trinajstić information content (AvgIpc) is 2.32. The Morgan fingerprint density at radius 3 is 1.76 bits per heavy atom. The molecule has 0 radical (unpaired) electrons. The highest BCUT2D eigenvalue weighted by molar-refractivity contribution is 5.07. The standard InChI is InChI=1S/C18H34O3/c1-17(2,3)9-7-11-19-13-15-21-16-14-20-12-8-10-18(4,5)6/h7,9,11-16H2,1-6H3. The lowest BCUT2D eigenvalue weighted by Gasteiger charge is -2.17. The summed E-state index contributed by atoms with van der Waals surface area (Å²) in [4.78, 5) is 0. The summed E-state index contributed by atoms with van der Waals surface area (Å²) >= 11 is 0. The fourth-order valence-electron chi connectivity index (χ4n) is 1.57. The molecule has 0 aliphatic carbocycles. The first-order chi connectivity index (χ1) is 9.71. The molecule has 0 aromatic heterocycles. The van der Waals surface area contributed by atoms with Crippen LogP contribution in [-0.2, 0) is 14.2 Å². The Morgan fingerprint density at radius 2 is 1.24 bits per heavy atom. The van der Waals surface area contributed by atoms with Gasteiger partial charge in [0.2, 0.25) is 0 Å². The van der Waals surface area contributed by atoms with Crippen LogP contribution in [0.3, 0.4) is 0 Å². The average molecular weight is 298 g/mol. The first kappa shape index (κ1) is 20.4. The second kappa shape index (κ2) is 11.1. The quantitative estimate of drug-likeness (QED) is 0.452. The smallest absolute Gasteiger partial charge is 0.107 e.